The SMILES string of the molecule is COc1cccc(-c2cc(-c3ccccc3)nc(SC3CC(=O)N(c4ccc(C(=O)OCC(=O)c5ccc(Cl)c(Cl)c5)cc4)C3=O)c2C#N)c1OC. The molecule has 0 bridgehead atoms. The van der Waals surface area contributed by atoms with Crippen LogP contribution in [-0.4, -0.2) is 54.6 Å². The number of ether oxygens (including phenoxy) is 3. The molecule has 1 aliphatic rings. The van der Waals surface area contributed by atoms with Gasteiger partial charge in [0.05, 0.1) is 52.0 Å². The quantitative estimate of drug-likeness (QED) is 0.0740. The zero-order chi connectivity index (χ0) is 36.9. The summed E-state index contributed by atoms with van der Waals surface area (Å²) in [6, 6.07) is 28.8. The summed E-state index contributed by atoms with van der Waals surface area (Å²) < 4.78 is 16.4. The Bertz CT molecular complexity index is 2260. The number of thioether (sulfide) groups is 1. The Labute approximate surface area is 312 Å². The zero-order valence-electron chi connectivity index (χ0n) is 27.6. The van der Waals surface area contributed by atoms with Crippen LogP contribution in [0.5, 0.6) is 11.5 Å². The van der Waals surface area contributed by atoms with Crippen LogP contribution in [0.25, 0.3) is 22.4 Å². The summed E-state index contributed by atoms with van der Waals surface area (Å²) in [6.07, 6.45) is -0.149. The molecule has 13 heteroatoms. The number of rotatable bonds is 11. The number of ketones is 1. The first-order valence-electron chi connectivity index (χ1n) is 15.6. The van der Waals surface area contributed by atoms with Crippen molar-refractivity contribution in [2.75, 3.05) is 25.7 Å². The van der Waals surface area contributed by atoms with Crippen LogP contribution in [0.1, 0.15) is 32.7 Å². The van der Waals surface area contributed by atoms with E-state index in [2.05, 4.69) is 6.07 Å². The number of methoxy groups -OCH3 is 2. The maximum Gasteiger partial charge on any atom is 0.338 e. The van der Waals surface area contributed by atoms with E-state index in [9.17, 15) is 24.4 Å². The van der Waals surface area contributed by atoms with Gasteiger partial charge >= 0.3 is 5.97 Å². The third-order valence-corrected chi connectivity index (χ3v) is 10.1. The van der Waals surface area contributed by atoms with Crippen LogP contribution in [0.15, 0.2) is 102 Å². The lowest BCUT2D eigenvalue weighted by Crippen LogP contribution is -2.31. The van der Waals surface area contributed by atoms with Gasteiger partial charge in [-0.1, -0.05) is 77.4 Å². The summed E-state index contributed by atoms with van der Waals surface area (Å²) in [7, 11) is 3.03. The first-order valence-corrected chi connectivity index (χ1v) is 17.3. The highest BCUT2D eigenvalue weighted by atomic mass is 35.5. The maximum absolute atomic E-state index is 13.8. The van der Waals surface area contributed by atoms with Gasteiger partial charge in [0.1, 0.15) is 11.1 Å². The van der Waals surface area contributed by atoms with Crippen molar-refractivity contribution in [1.82, 2.24) is 4.98 Å². The molecule has 52 heavy (non-hydrogen) atoms. The number of amides is 2. The van der Waals surface area contributed by atoms with Crippen LogP contribution in [0.4, 0.5) is 5.69 Å². The van der Waals surface area contributed by atoms with Crippen molar-refractivity contribution in [2.24, 2.45) is 0 Å². The minimum absolute atomic E-state index is 0.108. The van der Waals surface area contributed by atoms with Crippen LogP contribution in [0.2, 0.25) is 10.0 Å². The molecule has 0 N–H and O–H groups in total. The summed E-state index contributed by atoms with van der Waals surface area (Å²) >= 11 is 12.9. The van der Waals surface area contributed by atoms with Gasteiger partial charge in [-0.15, -0.1) is 0 Å². The van der Waals surface area contributed by atoms with Crippen LogP contribution < -0.4 is 14.4 Å². The first-order chi connectivity index (χ1) is 25.1. The third kappa shape index (κ3) is 7.36. The fourth-order valence-electron chi connectivity index (χ4n) is 5.60. The molecule has 1 aliphatic heterocycles. The number of hydrogen-bond donors (Lipinski definition) is 0. The van der Waals surface area contributed by atoms with Gasteiger partial charge in [-0.3, -0.25) is 14.4 Å². The van der Waals surface area contributed by atoms with Gasteiger partial charge < -0.3 is 14.2 Å². The molecule has 2 heterocycles. The number of nitrogens with zero attached hydrogens (tertiary/aromatic N) is 3. The van der Waals surface area contributed by atoms with Crippen molar-refractivity contribution in [3.05, 3.63) is 124 Å². The van der Waals surface area contributed by atoms with Gasteiger partial charge in [0.25, 0.3) is 0 Å². The molecule has 1 fully saturated rings. The van der Waals surface area contributed by atoms with E-state index in [4.69, 9.17) is 42.4 Å². The molecular weight excluding hydrogens is 725 g/mol. The average molecular weight is 753 g/mol. The highest BCUT2D eigenvalue weighted by Crippen LogP contribution is 2.44. The molecule has 1 aromatic heterocycles. The summed E-state index contributed by atoms with van der Waals surface area (Å²) in [5.41, 5.74) is 3.23. The summed E-state index contributed by atoms with van der Waals surface area (Å²) in [4.78, 5) is 58.1. The molecule has 0 aliphatic carbocycles. The van der Waals surface area contributed by atoms with E-state index >= 15 is 0 Å². The van der Waals surface area contributed by atoms with Crippen LogP contribution in [0.3, 0.4) is 0 Å². The number of nitriles is 1. The molecule has 1 atom stereocenters. The van der Waals surface area contributed by atoms with Gasteiger partial charge in [0.2, 0.25) is 11.8 Å². The van der Waals surface area contributed by atoms with E-state index in [1.165, 1.54) is 56.7 Å². The molecule has 1 unspecified atom stereocenters. The first kappa shape index (κ1) is 36.1. The predicted octanol–water partition coefficient (Wildman–Crippen LogP) is 8.08. The number of anilines is 1. The molecule has 4 aromatic carbocycles. The molecule has 10 nitrogen and oxygen atoms in total. The smallest absolute Gasteiger partial charge is 0.338 e. The summed E-state index contributed by atoms with van der Waals surface area (Å²) in [6.45, 7) is -0.531. The predicted molar refractivity (Wildman–Crippen MR) is 197 cm³/mol. The number of pyridine rings is 1. The average Bonchev–Trinajstić information content (AvgIpc) is 3.45. The molecule has 0 radical (unpaired) electrons. The molecule has 0 spiro atoms. The number of carbonyl (C=O) groups excluding carboxylic acids is 4. The van der Waals surface area contributed by atoms with Crippen molar-refractivity contribution < 1.29 is 33.4 Å². The number of Topliss-reactive ketones (excluding diaryl/α,β-unsaturated/α-hetero) is 1. The molecule has 6 rings (SSSR count). The number of benzene rings is 4. The van der Waals surface area contributed by atoms with E-state index in [1.807, 2.05) is 30.3 Å². The number of carbonyl (C=O) groups is 4. The number of para-hydroxylation sites is 1. The van der Waals surface area contributed by atoms with Gasteiger partial charge in [0, 0.05) is 28.7 Å². The molecular formula is C39H27Cl2N3O7S. The number of imide groups is 1. The fourth-order valence-corrected chi connectivity index (χ4v) is 7.02. The van der Waals surface area contributed by atoms with Gasteiger partial charge in [-0.2, -0.15) is 5.26 Å². The second-order valence-electron chi connectivity index (χ2n) is 11.3. The maximum atomic E-state index is 13.8. The number of esters is 1. The summed E-state index contributed by atoms with van der Waals surface area (Å²) in [5.74, 6) is -1.32. The lowest BCUT2D eigenvalue weighted by Gasteiger charge is -2.18. The second-order valence-corrected chi connectivity index (χ2v) is 13.3. The Morgan fingerprint density at radius 3 is 2.29 bits per heavy atom. The minimum Gasteiger partial charge on any atom is -0.493 e. The van der Waals surface area contributed by atoms with Crippen molar-refractivity contribution in [3.8, 4) is 40.0 Å². The fraction of sp³-hybridized carbons (Fsp3) is 0.128. The minimum atomic E-state index is -0.893. The molecule has 2 amide bonds. The van der Waals surface area contributed by atoms with Crippen LogP contribution >= 0.6 is 35.0 Å². The van der Waals surface area contributed by atoms with Gasteiger partial charge in [-0.05, 0) is 54.6 Å². The Hall–Kier alpha value is -5.67. The monoisotopic (exact) mass is 751 g/mol. The van der Waals surface area contributed by atoms with Crippen LogP contribution in [0, 0.1) is 11.3 Å². The molecule has 1 saturated heterocycles. The lowest BCUT2D eigenvalue weighted by atomic mass is 9.98. The molecule has 5 aromatic rings. The number of aromatic nitrogens is 1. The van der Waals surface area contributed by atoms with E-state index < -0.39 is 35.4 Å². The van der Waals surface area contributed by atoms with Crippen LogP contribution in [-0.2, 0) is 14.3 Å². The Morgan fingerprint density at radius 2 is 1.62 bits per heavy atom. The Balaban J connectivity index is 1.24. The zero-order valence-corrected chi connectivity index (χ0v) is 29.9. The summed E-state index contributed by atoms with van der Waals surface area (Å²) in [5, 5.41) is 10.3. The second kappa shape index (κ2) is 15.7. The normalized spacial score (nSPS) is 13.8. The van der Waals surface area contributed by atoms with Gasteiger partial charge in [0.15, 0.2) is 23.9 Å². The third-order valence-electron chi connectivity index (χ3n) is 8.16. The van der Waals surface area contributed by atoms with E-state index in [-0.39, 0.29) is 43.9 Å². The molecule has 0 saturated carbocycles. The largest absolute Gasteiger partial charge is 0.493 e. The number of halogens is 2. The van der Waals surface area contributed by atoms with Gasteiger partial charge in [-0.25, -0.2) is 14.7 Å². The highest BCUT2D eigenvalue weighted by molar-refractivity contribution is 8.00. The lowest BCUT2D eigenvalue weighted by molar-refractivity contribution is -0.121. The standard InChI is InChI=1S/C39H27Cl2N3O7S/c1-49-33-10-6-9-26(36(33)50-2)27-18-31(22-7-4-3-5-8-22)43-37(28(27)20-42)52-34-19-35(46)44(38(34)47)25-14-11-23(12-15-25)39(48)51-21-32(45)24-13-16-29(40)30(41)17-24/h3-18,34H,19,21H2,1-2H3. The highest BCUT2D eigenvalue weighted by Gasteiger charge is 2.41. The van der Waals surface area contributed by atoms with E-state index in [0.717, 1.165) is 22.2 Å². The van der Waals surface area contributed by atoms with E-state index in [0.29, 0.717) is 28.3 Å². The van der Waals surface area contributed by atoms with Crippen molar-refractivity contribution in [1.29, 1.82) is 5.26 Å². The Kier molecular flexibility index (Phi) is 10.9. The molecule has 260 valence electrons. The van der Waals surface area contributed by atoms with Crippen molar-refractivity contribution in [3.63, 3.8) is 0 Å². The van der Waals surface area contributed by atoms with Crippen molar-refractivity contribution in [2.45, 2.75) is 16.7 Å². The van der Waals surface area contributed by atoms with Crippen molar-refractivity contribution >= 4 is 64.2 Å². The number of hydrogen-bond acceptors (Lipinski definition) is 10. The van der Waals surface area contributed by atoms with E-state index in [1.54, 1.807) is 24.3 Å². The topological polar surface area (TPSA) is 136 Å². The Morgan fingerprint density at radius 1 is 0.885 bits per heavy atom.